The molecule has 1 atom stereocenters. The van der Waals surface area contributed by atoms with E-state index in [0.717, 1.165) is 51.3 Å². The van der Waals surface area contributed by atoms with Gasteiger partial charge in [-0.2, -0.15) is 0 Å². The Morgan fingerprint density at radius 3 is 1.42 bits per heavy atom. The van der Waals surface area contributed by atoms with E-state index < -0.39 is 35.0 Å². The summed E-state index contributed by atoms with van der Waals surface area (Å²) in [6.07, 6.45) is 5.68. The van der Waals surface area contributed by atoms with E-state index in [0.29, 0.717) is 66.7 Å². The van der Waals surface area contributed by atoms with Gasteiger partial charge in [-0.3, -0.25) is 54.8 Å². The Labute approximate surface area is 783 Å². The van der Waals surface area contributed by atoms with Gasteiger partial charge >= 0.3 is 104 Å². The maximum absolute atomic E-state index is 12.3. The van der Waals surface area contributed by atoms with Gasteiger partial charge in [0, 0.05) is 47.7 Å². The number of nitrogens with two attached hydrogens (primary N) is 5. The molecule has 638 valence electrons. The van der Waals surface area contributed by atoms with Gasteiger partial charge in [-0.1, -0.05) is 120 Å². The quantitative estimate of drug-likeness (QED) is 0.00202. The number of carbonyl (C=O) groups excluding carboxylic acids is 7. The molecule has 2 aromatic heterocycles. The van der Waals surface area contributed by atoms with E-state index in [1.807, 2.05) is 91.0 Å². The molecule has 0 aliphatic carbocycles. The molecule has 0 aliphatic rings. The number of nitrogens with one attached hydrogen (secondary N) is 2. The number of para-hydroxylation sites is 4. The number of aromatic amines is 1. The molecule has 0 saturated carbocycles. The van der Waals surface area contributed by atoms with E-state index in [9.17, 15) is 47.7 Å². The number of Topliss-reactive ketones (excluding diaryl/α,β-unsaturated/α-hetero) is 3. The standard InChI is InChI=1S/C17H22O5.C15H15ClN4O.C15H16N4O2.C8H9BrO.C8H11NO3.C5H7O3.C4H5NO2.C4H11N.CH5N3.Cl3OP.K.Na.H2O.H/c1-4-22-17(20)14(15(19)10-9-12(2)18)11-13-7-5-6-8-16(13)21-3;1-18-8-7-12-11(14(16)20-15(17)19-12)9-10-5-3-4-6-13(10)21-2;1-17-8-7-12-11(14(20)19-15(16)18-12)9-10-5-3-4-6-13(10)21-2;1-10-8-5-3-2-4-7(8)6-9;1-3-12-8(11)6-7(10)4-5-9-2;1-2-8-5(7)3-4-6;1-5-3-2-4(6)7;1-2-3-4-5;2-1(3)4;1-5(2,3)4;;;;/h5-8,14H,4,9-11H2,1-3H3;3-6H,7-9H2,2H3,(H2,17,19,20);3-6H,7-9H2,2H3,(H3,16,18,19,20);2-5H,6H2,1H3;3-6H2,1H3;2-3H2,1H3;2-3H2,(H,6,7);2-5H2,1H3;(H5,2,3,4);;;;1H2;/q;;;;;-1;;;;;2*+1;;-1/p-1. The molecular formula is C77H103BrCl4KN14NaO19P-. The van der Waals surface area contributed by atoms with Gasteiger partial charge in [-0.25, -0.2) is 41.2 Å². The van der Waals surface area contributed by atoms with Crippen molar-refractivity contribution in [3.05, 3.63) is 203 Å². The number of unbranched alkanes of at least 4 members (excludes halogenated alkanes) is 1. The Kier molecular flexibility index (Phi) is 82.1. The van der Waals surface area contributed by atoms with Crippen LogP contribution in [0.1, 0.15) is 132 Å². The number of rotatable bonds is 33. The van der Waals surface area contributed by atoms with Gasteiger partial charge in [-0.15, -0.1) is 0 Å². The monoisotopic (exact) mass is 1840 g/mol. The zero-order chi connectivity index (χ0) is 88.1. The number of nitrogen functional groups attached to an aromatic ring is 2. The molecular weight excluding hydrogens is 1740 g/mol. The third-order valence-electron chi connectivity index (χ3n) is 13.5. The topological polar surface area (TPSA) is 511 Å². The minimum atomic E-state index is -3.22. The summed E-state index contributed by atoms with van der Waals surface area (Å²) in [7, 11) is 6.43. The van der Waals surface area contributed by atoms with Gasteiger partial charge < -0.3 is 103 Å². The Morgan fingerprint density at radius 1 is 0.644 bits per heavy atom. The molecule has 33 nitrogen and oxygen atoms in total. The molecule has 0 aliphatic heterocycles. The second-order valence-electron chi connectivity index (χ2n) is 22.1. The van der Waals surface area contributed by atoms with Crippen LogP contribution < -0.4 is 134 Å². The Hall–Kier alpha value is -8.14. The predicted octanol–water partition coefficient (Wildman–Crippen LogP) is 6.72. The summed E-state index contributed by atoms with van der Waals surface area (Å²) in [5.41, 5.74) is 31.5. The number of anilines is 2. The van der Waals surface area contributed by atoms with Gasteiger partial charge in [0.2, 0.25) is 38.1 Å². The number of methoxy groups -OCH3 is 4. The van der Waals surface area contributed by atoms with Crippen molar-refractivity contribution in [3.63, 3.8) is 0 Å². The number of esters is 3. The van der Waals surface area contributed by atoms with E-state index in [1.165, 1.54) is 38.7 Å². The summed E-state index contributed by atoms with van der Waals surface area (Å²) in [6.45, 7) is 37.5. The zero-order valence-electron chi connectivity index (χ0n) is 69.1. The molecule has 6 aromatic rings. The fraction of sp³-hybridized carbons (Fsp3) is 0.416. The van der Waals surface area contributed by atoms with E-state index >= 15 is 0 Å². The number of carboxylic acids is 1. The molecule has 0 spiro atoms. The molecule has 0 saturated heterocycles. The molecule has 4 aromatic carbocycles. The number of hydrogen-bond acceptors (Lipinski definition) is 25. The Balaban J connectivity index is -0.000000200. The number of ketones is 3. The second-order valence-corrected chi connectivity index (χ2v) is 29.7. The number of nitrogens with zero attached hydrogens (tertiary/aromatic N) is 7. The normalized spacial score (nSPS) is 9.48. The number of H-pyrrole nitrogens is 1. The molecule has 0 bridgehead atoms. The van der Waals surface area contributed by atoms with Crippen LogP contribution in [0.2, 0.25) is 5.15 Å². The number of carbonyl (C=O) groups is 7. The molecule has 2 heterocycles. The number of ether oxygens (including phenoxy) is 7. The second kappa shape index (κ2) is 78.7. The van der Waals surface area contributed by atoms with Gasteiger partial charge in [0.15, 0.2) is 11.7 Å². The number of halogens is 5. The number of carboxylic acid groups (broad SMARTS) is 1. The Bertz CT molecular complexity index is 4200. The van der Waals surface area contributed by atoms with Crippen molar-refractivity contribution in [2.24, 2.45) is 23.1 Å². The van der Waals surface area contributed by atoms with Crippen LogP contribution in [0.3, 0.4) is 0 Å². The van der Waals surface area contributed by atoms with Crippen LogP contribution in [-0.2, 0) is 94.6 Å². The minimum absolute atomic E-state index is 0. The summed E-state index contributed by atoms with van der Waals surface area (Å²) in [5.74, 6) is -1.05. The number of aromatic nitrogens is 4. The number of benzene rings is 4. The molecule has 41 heteroatoms. The molecule has 6 rings (SSSR count). The van der Waals surface area contributed by atoms with Gasteiger partial charge in [-0.05, 0) is 122 Å². The van der Waals surface area contributed by atoms with Crippen molar-refractivity contribution < 1.29 is 169 Å². The molecule has 0 fully saturated rings. The van der Waals surface area contributed by atoms with Crippen LogP contribution in [0, 0.1) is 37.6 Å². The van der Waals surface area contributed by atoms with Crippen molar-refractivity contribution in [1.82, 2.24) is 19.9 Å². The summed E-state index contributed by atoms with van der Waals surface area (Å²) >= 11 is 23.4. The first-order valence-corrected chi connectivity index (χ1v) is 40.7. The van der Waals surface area contributed by atoms with E-state index in [4.69, 9.17) is 89.3 Å². The van der Waals surface area contributed by atoms with Crippen molar-refractivity contribution in [2.45, 2.75) is 123 Å². The molecule has 0 radical (unpaired) electrons. The first kappa shape index (κ1) is 123. The fourth-order valence-corrected chi connectivity index (χ4v) is 9.20. The largest absolute Gasteiger partial charge is 1.00 e. The number of alkyl halides is 1. The van der Waals surface area contributed by atoms with Crippen molar-refractivity contribution in [1.29, 1.82) is 5.41 Å². The summed E-state index contributed by atoms with van der Waals surface area (Å²) in [6, 6.07) is 30.4. The number of hydrogen-bond donors (Lipinski definition) is 8. The van der Waals surface area contributed by atoms with Crippen LogP contribution in [0.15, 0.2) is 102 Å². The van der Waals surface area contributed by atoms with Crippen LogP contribution in [0.4, 0.5) is 11.9 Å². The fourth-order valence-electron chi connectivity index (χ4n) is 8.47. The predicted molar refractivity (Wildman–Crippen MR) is 451 cm³/mol. The maximum atomic E-state index is 12.3. The van der Waals surface area contributed by atoms with Gasteiger partial charge in [0.05, 0.1) is 78.9 Å². The zero-order valence-corrected chi connectivity index (χ0v) is 78.7. The van der Waals surface area contributed by atoms with Crippen molar-refractivity contribution >= 4 is 132 Å². The van der Waals surface area contributed by atoms with Gasteiger partial charge in [0.1, 0.15) is 58.5 Å². The number of aliphatic carboxylic acids is 1. The summed E-state index contributed by atoms with van der Waals surface area (Å²) in [4.78, 5) is 126. The van der Waals surface area contributed by atoms with Crippen LogP contribution in [-0.4, -0.2) is 165 Å². The third-order valence-corrected chi connectivity index (χ3v) is 14.4. The van der Waals surface area contributed by atoms with E-state index in [2.05, 4.69) is 117 Å². The molecule has 0 amide bonds. The molecule has 1 unspecified atom stereocenters. The maximum Gasteiger partial charge on any atom is 1.00 e. The van der Waals surface area contributed by atoms with E-state index in [1.54, 1.807) is 48.2 Å². The number of guanidine groups is 1. The molecule has 118 heavy (non-hydrogen) atoms. The minimum Gasteiger partial charge on any atom is -1.00 e. The average Bonchev–Trinajstić information content (AvgIpc) is 0.827. The SMILES string of the molecule is CCCCN.CCOC(=O)C(Cc1ccccc1OC)C(=O)CCC(C)=O.CCOC(=O)C[C-]=O.COc1ccccc1CBr.N=C(N)N.O=P(Cl)(Cl)Cl.[C-]#[N+]CCC(=O)CC(=O)OCC.[C-]#[N+]CCC(=O)O.[C-]#[N+]CCc1nc(N)[nH]c(=O)c1Cc1ccccc1OC.[C-]#[N+]CCc1nc(N)nc(Cl)c1Cc1ccccc1OC.[H-].[K+].[Na+].[OH-]. The van der Waals surface area contributed by atoms with Crippen LogP contribution >= 0.6 is 66.5 Å². The van der Waals surface area contributed by atoms with Crippen LogP contribution in [0.5, 0.6) is 23.0 Å². The summed E-state index contributed by atoms with van der Waals surface area (Å²) < 4.78 is 44.4. The first-order valence-electron chi connectivity index (χ1n) is 34.7. The average molecular weight is 1840 g/mol. The van der Waals surface area contributed by atoms with Crippen molar-refractivity contribution in [3.8, 4) is 23.0 Å². The van der Waals surface area contributed by atoms with Gasteiger partial charge in [0.25, 0.3) is 11.5 Å². The summed E-state index contributed by atoms with van der Waals surface area (Å²) in [5, 5.41) is 11.9. The van der Waals surface area contributed by atoms with Crippen molar-refractivity contribution in [2.75, 3.05) is 92.5 Å². The third kappa shape index (κ3) is 65.8. The molecule has 14 N–H and O–H groups in total. The smallest absolute Gasteiger partial charge is 1.00 e. The van der Waals surface area contributed by atoms with Crippen LogP contribution in [0.25, 0.3) is 19.4 Å². The van der Waals surface area contributed by atoms with E-state index in [-0.39, 0.29) is 206 Å². The Morgan fingerprint density at radius 2 is 1.04 bits per heavy atom. The first-order chi connectivity index (χ1) is 54.6.